The van der Waals surface area contributed by atoms with Gasteiger partial charge in [-0.2, -0.15) is 0 Å². The average molecular weight is 212 g/mol. The molecular weight excluding hydrogens is 196 g/mol. The van der Waals surface area contributed by atoms with E-state index in [2.05, 4.69) is 0 Å². The Balaban J connectivity index is 0.000000423. The summed E-state index contributed by atoms with van der Waals surface area (Å²) in [6.45, 7) is -0.250. The van der Waals surface area contributed by atoms with Crippen LogP contribution in [0.5, 0.6) is 0 Å². The second kappa shape index (κ2) is 9.18. The van der Waals surface area contributed by atoms with Gasteiger partial charge in [0.2, 0.25) is 0 Å². The summed E-state index contributed by atoms with van der Waals surface area (Å²) < 4.78 is 0. The zero-order valence-electron chi connectivity index (χ0n) is 8.47. The molecule has 0 saturated carbocycles. The number of hydrogen-bond acceptors (Lipinski definition) is 3. The van der Waals surface area contributed by atoms with Crippen molar-refractivity contribution in [2.45, 2.75) is 12.8 Å². The van der Waals surface area contributed by atoms with Crippen molar-refractivity contribution in [1.82, 2.24) is 0 Å². The summed E-state index contributed by atoms with van der Waals surface area (Å²) in [4.78, 5) is 10.2. The van der Waals surface area contributed by atoms with Crippen molar-refractivity contribution >= 4 is 5.97 Å². The van der Waals surface area contributed by atoms with Gasteiger partial charge in [-0.3, -0.25) is 4.79 Å². The molecule has 0 aliphatic carbocycles. The molecule has 4 heteroatoms. The van der Waals surface area contributed by atoms with Crippen LogP contribution in [0.1, 0.15) is 12.0 Å². The van der Waals surface area contributed by atoms with Gasteiger partial charge in [-0.15, -0.1) is 0 Å². The van der Waals surface area contributed by atoms with Gasteiger partial charge in [0.25, 0.3) is 0 Å². The molecule has 1 aromatic carbocycles. The Morgan fingerprint density at radius 3 is 2.00 bits per heavy atom. The van der Waals surface area contributed by atoms with Gasteiger partial charge in [0, 0.05) is 6.42 Å². The minimum atomic E-state index is -0.742. The number of aliphatic hydroxyl groups is 2. The molecule has 0 aliphatic rings. The maximum Gasteiger partial charge on any atom is 0.303 e. The molecule has 0 bridgehead atoms. The van der Waals surface area contributed by atoms with Crippen molar-refractivity contribution in [1.29, 1.82) is 0 Å². The highest BCUT2D eigenvalue weighted by molar-refractivity contribution is 5.67. The van der Waals surface area contributed by atoms with Crippen LogP contribution in [0, 0.1) is 0 Å². The highest BCUT2D eigenvalue weighted by Crippen LogP contribution is 2.01. The van der Waals surface area contributed by atoms with E-state index >= 15 is 0 Å². The predicted molar refractivity (Wildman–Crippen MR) is 56.6 cm³/mol. The topological polar surface area (TPSA) is 77.8 Å². The zero-order valence-corrected chi connectivity index (χ0v) is 8.47. The van der Waals surface area contributed by atoms with Crippen molar-refractivity contribution < 1.29 is 20.1 Å². The van der Waals surface area contributed by atoms with E-state index in [9.17, 15) is 4.79 Å². The number of hydrogen-bond donors (Lipinski definition) is 3. The van der Waals surface area contributed by atoms with Gasteiger partial charge in [0.15, 0.2) is 0 Å². The highest BCUT2D eigenvalue weighted by atomic mass is 16.4. The Hall–Kier alpha value is -1.39. The fourth-order valence-electron chi connectivity index (χ4n) is 0.896. The first-order valence-electron chi connectivity index (χ1n) is 4.68. The molecule has 15 heavy (non-hydrogen) atoms. The standard InChI is InChI=1S/C9H10O2.C2H6O2/c10-9(11)7-6-8-4-2-1-3-5-8;3-1-2-4/h1-5H,6-7H2,(H,10,11);3-4H,1-2H2. The first-order chi connectivity index (χ1) is 7.20. The number of carboxylic acid groups (broad SMARTS) is 1. The van der Waals surface area contributed by atoms with Crippen molar-refractivity contribution in [3.05, 3.63) is 35.9 Å². The monoisotopic (exact) mass is 212 g/mol. The van der Waals surface area contributed by atoms with Crippen LogP contribution in [0.2, 0.25) is 0 Å². The minimum Gasteiger partial charge on any atom is -0.481 e. The molecule has 0 unspecified atom stereocenters. The lowest BCUT2D eigenvalue weighted by molar-refractivity contribution is -0.136. The molecule has 0 amide bonds. The average Bonchev–Trinajstić information content (AvgIpc) is 2.28. The van der Waals surface area contributed by atoms with Gasteiger partial charge in [0.05, 0.1) is 13.2 Å². The lowest BCUT2D eigenvalue weighted by Gasteiger charge is -1.95. The number of benzene rings is 1. The third kappa shape index (κ3) is 8.93. The van der Waals surface area contributed by atoms with Gasteiger partial charge in [0.1, 0.15) is 0 Å². The van der Waals surface area contributed by atoms with Crippen molar-refractivity contribution in [2.24, 2.45) is 0 Å². The molecule has 3 N–H and O–H groups in total. The highest BCUT2D eigenvalue weighted by Gasteiger charge is 1.96. The second-order valence-electron chi connectivity index (χ2n) is 2.83. The smallest absolute Gasteiger partial charge is 0.303 e. The Morgan fingerprint density at radius 2 is 1.60 bits per heavy atom. The van der Waals surface area contributed by atoms with Crippen LogP contribution in [0.3, 0.4) is 0 Å². The van der Waals surface area contributed by atoms with E-state index in [-0.39, 0.29) is 19.6 Å². The van der Waals surface area contributed by atoms with Gasteiger partial charge in [-0.1, -0.05) is 30.3 Å². The summed E-state index contributed by atoms with van der Waals surface area (Å²) in [6.07, 6.45) is 0.834. The molecule has 0 radical (unpaired) electrons. The number of aliphatic carboxylic acids is 1. The van der Waals surface area contributed by atoms with Crippen LogP contribution in [-0.2, 0) is 11.2 Å². The maximum absolute atomic E-state index is 10.2. The van der Waals surface area contributed by atoms with E-state index in [1.165, 1.54) is 0 Å². The Kier molecular flexibility index (Phi) is 8.33. The van der Waals surface area contributed by atoms with E-state index in [0.29, 0.717) is 6.42 Å². The minimum absolute atomic E-state index is 0.125. The Morgan fingerprint density at radius 1 is 1.07 bits per heavy atom. The summed E-state index contributed by atoms with van der Waals surface area (Å²) >= 11 is 0. The van der Waals surface area contributed by atoms with Gasteiger partial charge >= 0.3 is 5.97 Å². The number of carbonyl (C=O) groups is 1. The van der Waals surface area contributed by atoms with Crippen LogP contribution < -0.4 is 0 Å². The summed E-state index contributed by atoms with van der Waals surface area (Å²) in [5.74, 6) is -0.742. The first kappa shape index (κ1) is 13.6. The molecule has 1 rings (SSSR count). The number of aryl methyl sites for hydroxylation is 1. The Labute approximate surface area is 88.8 Å². The molecule has 0 aromatic heterocycles. The van der Waals surface area contributed by atoms with E-state index < -0.39 is 5.97 Å². The quantitative estimate of drug-likeness (QED) is 0.685. The zero-order chi connectivity index (χ0) is 11.5. The van der Waals surface area contributed by atoms with E-state index in [1.54, 1.807) is 0 Å². The second-order valence-corrected chi connectivity index (χ2v) is 2.83. The Bertz CT molecular complexity index is 257. The van der Waals surface area contributed by atoms with Crippen molar-refractivity contribution in [2.75, 3.05) is 13.2 Å². The molecular formula is C11H16O4. The fraction of sp³-hybridized carbons (Fsp3) is 0.364. The fourth-order valence-corrected chi connectivity index (χ4v) is 0.896. The molecule has 84 valence electrons. The first-order valence-corrected chi connectivity index (χ1v) is 4.68. The third-order valence-electron chi connectivity index (χ3n) is 1.57. The summed E-state index contributed by atoms with van der Waals surface area (Å²) in [5.41, 5.74) is 1.08. The molecule has 0 saturated heterocycles. The normalized spacial score (nSPS) is 8.93. The summed E-state index contributed by atoms with van der Waals surface area (Å²) in [5, 5.41) is 23.6. The molecule has 0 fully saturated rings. The van der Waals surface area contributed by atoms with E-state index in [0.717, 1.165) is 5.56 Å². The number of carboxylic acids is 1. The van der Waals surface area contributed by atoms with Gasteiger partial charge in [-0.05, 0) is 12.0 Å². The number of aliphatic hydroxyl groups excluding tert-OH is 2. The molecule has 0 spiro atoms. The van der Waals surface area contributed by atoms with Crippen LogP contribution in [0.4, 0.5) is 0 Å². The summed E-state index contributed by atoms with van der Waals surface area (Å²) in [6, 6.07) is 9.62. The SMILES string of the molecule is O=C(O)CCc1ccccc1.OCCO. The van der Waals surface area contributed by atoms with E-state index in [1.807, 2.05) is 30.3 Å². The van der Waals surface area contributed by atoms with Crippen LogP contribution in [0.25, 0.3) is 0 Å². The van der Waals surface area contributed by atoms with Gasteiger partial charge < -0.3 is 15.3 Å². The molecule has 0 atom stereocenters. The van der Waals surface area contributed by atoms with Gasteiger partial charge in [-0.25, -0.2) is 0 Å². The largest absolute Gasteiger partial charge is 0.481 e. The molecule has 1 aromatic rings. The molecule has 0 heterocycles. The maximum atomic E-state index is 10.2. The molecule has 4 nitrogen and oxygen atoms in total. The van der Waals surface area contributed by atoms with Crippen molar-refractivity contribution in [3.8, 4) is 0 Å². The predicted octanol–water partition coefficient (Wildman–Crippen LogP) is 0.675. The lowest BCUT2D eigenvalue weighted by Crippen LogP contribution is -1.96. The van der Waals surface area contributed by atoms with Crippen molar-refractivity contribution in [3.63, 3.8) is 0 Å². The summed E-state index contributed by atoms with van der Waals surface area (Å²) in [7, 11) is 0. The van der Waals surface area contributed by atoms with E-state index in [4.69, 9.17) is 15.3 Å². The number of rotatable bonds is 4. The van der Waals surface area contributed by atoms with Crippen LogP contribution in [-0.4, -0.2) is 34.5 Å². The van der Waals surface area contributed by atoms with Crippen LogP contribution in [0.15, 0.2) is 30.3 Å². The van der Waals surface area contributed by atoms with Crippen LogP contribution >= 0.6 is 0 Å². The third-order valence-corrected chi connectivity index (χ3v) is 1.57. The molecule has 0 aliphatic heterocycles. The lowest BCUT2D eigenvalue weighted by atomic mass is 10.1.